The summed E-state index contributed by atoms with van der Waals surface area (Å²) in [5.74, 6) is 3.25. The molecule has 1 heterocycles. The van der Waals surface area contributed by atoms with E-state index in [1.807, 2.05) is 6.07 Å². The van der Waals surface area contributed by atoms with Gasteiger partial charge in [0.15, 0.2) is 0 Å². The van der Waals surface area contributed by atoms with Gasteiger partial charge in [-0.2, -0.15) is 5.10 Å². The molecule has 0 bridgehead atoms. The molecule has 7 nitrogen and oxygen atoms in total. The summed E-state index contributed by atoms with van der Waals surface area (Å²) in [6.07, 6.45) is 17.4. The monoisotopic (exact) mass is 608 g/mol. The summed E-state index contributed by atoms with van der Waals surface area (Å²) in [4.78, 5) is 24.9. The van der Waals surface area contributed by atoms with Crippen LogP contribution in [0, 0.1) is 57.2 Å². The van der Waals surface area contributed by atoms with E-state index in [-0.39, 0.29) is 48.4 Å². The predicted octanol–water partition coefficient (Wildman–Crippen LogP) is 7.34. The molecule has 0 saturated heterocycles. The lowest BCUT2D eigenvalue weighted by Gasteiger charge is -2.69. The highest BCUT2D eigenvalue weighted by Gasteiger charge is 2.67. The Kier molecular flexibility index (Phi) is 8.37. The Morgan fingerprint density at radius 3 is 2.41 bits per heavy atom. The van der Waals surface area contributed by atoms with E-state index in [9.17, 15) is 14.7 Å². The summed E-state index contributed by atoms with van der Waals surface area (Å²) < 4.78 is 13.3. The predicted molar refractivity (Wildman–Crippen MR) is 169 cm³/mol. The molecule has 1 N–H and O–H groups in total. The van der Waals surface area contributed by atoms with Crippen LogP contribution in [0.15, 0.2) is 30.3 Å². The molecule has 5 aliphatic rings. The normalized spacial score (nSPS) is 42.8. The highest BCUT2D eigenvalue weighted by molar-refractivity contribution is 5.70. The number of allylic oxidation sites excluding steroid dienone is 1. The summed E-state index contributed by atoms with van der Waals surface area (Å²) in [7, 11) is 0. The van der Waals surface area contributed by atoms with Crippen LogP contribution in [0.5, 0.6) is 0 Å². The van der Waals surface area contributed by atoms with Gasteiger partial charge >= 0.3 is 11.9 Å². The number of nitrogens with zero attached hydrogens (tertiary/aromatic N) is 2. The van der Waals surface area contributed by atoms with Gasteiger partial charge in [-0.15, -0.1) is 0 Å². The molecular weight excluding hydrogens is 552 g/mol. The number of esters is 2. The van der Waals surface area contributed by atoms with Gasteiger partial charge < -0.3 is 14.6 Å². The van der Waals surface area contributed by atoms with Crippen molar-refractivity contribution in [3.8, 4) is 0 Å². The van der Waals surface area contributed by atoms with Crippen LogP contribution in [-0.2, 0) is 25.6 Å². The fourth-order valence-electron chi connectivity index (χ4n) is 12.4. The van der Waals surface area contributed by atoms with Crippen LogP contribution in [0.2, 0.25) is 0 Å². The first-order valence-electron chi connectivity index (χ1n) is 17.5. The first kappa shape index (κ1) is 31.8. The minimum absolute atomic E-state index is 0.0710. The number of hydrogen-bond acceptors (Lipinski definition) is 6. The summed E-state index contributed by atoms with van der Waals surface area (Å²) in [5.41, 5.74) is 2.09. The third kappa shape index (κ3) is 5.17. The lowest BCUT2D eigenvalue weighted by atomic mass is 9.36. The van der Waals surface area contributed by atoms with Crippen LogP contribution in [0.3, 0.4) is 0 Å². The molecule has 5 saturated carbocycles. The van der Waals surface area contributed by atoms with Crippen molar-refractivity contribution in [1.82, 2.24) is 9.78 Å². The zero-order valence-corrected chi connectivity index (χ0v) is 28.0. The van der Waals surface area contributed by atoms with Gasteiger partial charge in [0, 0.05) is 17.8 Å². The quantitative estimate of drug-likeness (QED) is 0.257. The van der Waals surface area contributed by atoms with Crippen LogP contribution >= 0.6 is 0 Å². The van der Waals surface area contributed by atoms with Gasteiger partial charge in [-0.25, -0.2) is 4.79 Å². The van der Waals surface area contributed by atoms with Crippen molar-refractivity contribution >= 4 is 11.9 Å². The van der Waals surface area contributed by atoms with Gasteiger partial charge in [0.1, 0.15) is 12.6 Å². The molecule has 5 fully saturated rings. The maximum atomic E-state index is 12.5. The molecule has 0 amide bonds. The number of rotatable bonds is 7. The van der Waals surface area contributed by atoms with Crippen molar-refractivity contribution < 1.29 is 24.2 Å². The molecule has 0 aromatic carbocycles. The topological polar surface area (TPSA) is 90.7 Å². The van der Waals surface area contributed by atoms with Gasteiger partial charge in [0.25, 0.3) is 0 Å². The highest BCUT2D eigenvalue weighted by atomic mass is 16.5. The maximum Gasteiger partial charge on any atom is 0.332 e. The third-order valence-corrected chi connectivity index (χ3v) is 14.3. The molecule has 1 aromatic rings. The zero-order chi connectivity index (χ0) is 31.5. The van der Waals surface area contributed by atoms with Gasteiger partial charge in [0.05, 0.1) is 19.3 Å². The van der Waals surface area contributed by atoms with Gasteiger partial charge in [0.2, 0.25) is 0 Å². The summed E-state index contributed by atoms with van der Waals surface area (Å²) in [5, 5.41) is 13.4. The molecule has 0 radical (unpaired) electrons. The van der Waals surface area contributed by atoms with Crippen LogP contribution in [0.1, 0.15) is 112 Å². The standard InChI is InChI=1S/C37H56N2O5/c1-24(23-43-32(42)22-39-20-7-19-38-39)25-10-15-35(4)16-11-27-26(33(25)35)8-9-29-36(27,5)17-12-28-34(2,3)30(13-18-37(28,29)6)44-31(41)14-21-40/h7,19-20,23,25-30,33,40H,8-18,21-22H2,1-6H3. The van der Waals surface area contributed by atoms with E-state index in [4.69, 9.17) is 9.47 Å². The highest BCUT2D eigenvalue weighted by Crippen LogP contribution is 2.73. The van der Waals surface area contributed by atoms with E-state index in [0.717, 1.165) is 24.7 Å². The molecule has 7 heteroatoms. The number of carbonyl (C=O) groups is 2. The number of ether oxygens (including phenoxy) is 2. The number of aromatic nitrogens is 2. The van der Waals surface area contributed by atoms with E-state index in [2.05, 4.69) is 46.6 Å². The number of fused-ring (bicyclic) bond motifs is 7. The molecule has 10 atom stereocenters. The smallest absolute Gasteiger partial charge is 0.332 e. The van der Waals surface area contributed by atoms with Gasteiger partial charge in [-0.3, -0.25) is 9.48 Å². The van der Waals surface area contributed by atoms with Crippen molar-refractivity contribution in [2.24, 2.45) is 57.2 Å². The largest absolute Gasteiger partial charge is 0.462 e. The number of hydrogen-bond donors (Lipinski definition) is 1. The Balaban J connectivity index is 1.20. The second-order valence-corrected chi connectivity index (χ2v) is 16.7. The third-order valence-electron chi connectivity index (χ3n) is 14.3. The van der Waals surface area contributed by atoms with Crippen LogP contribution in [-0.4, -0.2) is 39.5 Å². The lowest BCUT2D eigenvalue weighted by molar-refractivity contribution is -0.222. The average Bonchev–Trinajstić information content (AvgIpc) is 3.60. The van der Waals surface area contributed by atoms with E-state index in [1.165, 1.54) is 56.9 Å². The van der Waals surface area contributed by atoms with E-state index < -0.39 is 0 Å². The van der Waals surface area contributed by atoms with Gasteiger partial charge in [-0.05, 0) is 135 Å². The van der Waals surface area contributed by atoms with Crippen LogP contribution in [0.25, 0.3) is 0 Å². The summed E-state index contributed by atoms with van der Waals surface area (Å²) in [6, 6.07) is 1.82. The van der Waals surface area contributed by atoms with Crippen molar-refractivity contribution in [1.29, 1.82) is 0 Å². The molecule has 0 spiro atoms. The number of aliphatic hydroxyl groups is 1. The summed E-state index contributed by atoms with van der Waals surface area (Å²) >= 11 is 0. The second-order valence-electron chi connectivity index (χ2n) is 16.7. The molecule has 0 aliphatic heterocycles. The number of carbonyl (C=O) groups excluding carboxylic acids is 2. The van der Waals surface area contributed by atoms with E-state index in [0.29, 0.717) is 34.5 Å². The molecule has 44 heavy (non-hydrogen) atoms. The van der Waals surface area contributed by atoms with Crippen LogP contribution in [0.4, 0.5) is 0 Å². The van der Waals surface area contributed by atoms with Crippen LogP contribution < -0.4 is 0 Å². The Morgan fingerprint density at radius 2 is 1.68 bits per heavy atom. The number of aliphatic hydroxyl groups excluding tert-OH is 1. The maximum absolute atomic E-state index is 12.5. The molecule has 5 aliphatic carbocycles. The zero-order valence-electron chi connectivity index (χ0n) is 28.0. The minimum atomic E-state index is -0.269. The SMILES string of the molecule is CC(=COC(=O)Cn1cccn1)C1CCC2(C)CCC3C(CCC4C3(C)CCC3C(C)(C)C(OC(=O)CCO)CCC34C)C12. The Labute approximate surface area is 264 Å². The van der Waals surface area contributed by atoms with Crippen molar-refractivity contribution in [2.75, 3.05) is 6.61 Å². The van der Waals surface area contributed by atoms with E-state index in [1.54, 1.807) is 23.3 Å². The molecular formula is C37H56N2O5. The minimum Gasteiger partial charge on any atom is -0.462 e. The molecule has 1 aromatic heterocycles. The molecule has 6 rings (SSSR count). The molecule has 244 valence electrons. The Hall–Kier alpha value is -2.15. The fourth-order valence-corrected chi connectivity index (χ4v) is 12.4. The Bertz CT molecular complexity index is 1260. The fraction of sp³-hybridized carbons (Fsp3) is 0.811. The van der Waals surface area contributed by atoms with Gasteiger partial charge in [-0.1, -0.05) is 34.6 Å². The molecule has 10 unspecified atom stereocenters. The van der Waals surface area contributed by atoms with E-state index >= 15 is 0 Å². The summed E-state index contributed by atoms with van der Waals surface area (Å²) in [6.45, 7) is 14.7. The second kappa shape index (κ2) is 11.6. The lowest BCUT2D eigenvalue weighted by Crippen LogP contribution is -2.63. The van der Waals surface area contributed by atoms with Crippen molar-refractivity contribution in [3.05, 3.63) is 30.3 Å². The van der Waals surface area contributed by atoms with Crippen molar-refractivity contribution in [3.63, 3.8) is 0 Å². The van der Waals surface area contributed by atoms with Crippen molar-refractivity contribution in [2.45, 2.75) is 125 Å². The Morgan fingerprint density at radius 1 is 0.932 bits per heavy atom. The average molecular weight is 609 g/mol. The first-order chi connectivity index (χ1) is 20.8. The first-order valence-corrected chi connectivity index (χ1v) is 17.5.